The number of carbonyl (C=O) groups is 1. The first-order chi connectivity index (χ1) is 15.7. The normalized spacial score (nSPS) is 11.8. The van der Waals surface area contributed by atoms with Gasteiger partial charge < -0.3 is 9.88 Å². The summed E-state index contributed by atoms with van der Waals surface area (Å²) < 4.78 is 0. The average Bonchev–Trinajstić information content (AvgIpc) is 3.24. The Labute approximate surface area is 193 Å². The summed E-state index contributed by atoms with van der Waals surface area (Å²) in [7, 11) is 0. The maximum atomic E-state index is 13.1. The van der Waals surface area contributed by atoms with Crippen LogP contribution in [0, 0.1) is 0 Å². The van der Waals surface area contributed by atoms with Crippen LogP contribution >= 0.6 is 0 Å². The molecule has 170 valence electrons. The number of aromatic nitrogens is 1. The van der Waals surface area contributed by atoms with Gasteiger partial charge in [-0.2, -0.15) is 0 Å². The number of H-pyrrole nitrogens is 1. The molecule has 32 heavy (non-hydrogen) atoms. The zero-order valence-electron chi connectivity index (χ0n) is 19.8. The number of carbonyl (C=O) groups excluding carboxylic acids is 1. The Morgan fingerprint density at radius 2 is 1.66 bits per heavy atom. The van der Waals surface area contributed by atoms with Crippen LogP contribution in [0.5, 0.6) is 0 Å². The molecular formula is C29H38N2O. The molecule has 1 aromatic heterocycles. The molecule has 0 spiro atoms. The Morgan fingerprint density at radius 3 is 2.44 bits per heavy atom. The molecule has 1 amide bonds. The van der Waals surface area contributed by atoms with Crippen LogP contribution in [0.25, 0.3) is 17.0 Å². The van der Waals surface area contributed by atoms with Gasteiger partial charge in [0.1, 0.15) is 0 Å². The van der Waals surface area contributed by atoms with Crippen LogP contribution in [0.1, 0.15) is 69.9 Å². The number of fused-ring (bicyclic) bond motifs is 1. The topological polar surface area (TPSA) is 36.1 Å². The summed E-state index contributed by atoms with van der Waals surface area (Å²) in [6, 6.07) is 18.9. The predicted molar refractivity (Wildman–Crippen MR) is 137 cm³/mol. The monoisotopic (exact) mass is 430 g/mol. The average molecular weight is 431 g/mol. The first-order valence-electron chi connectivity index (χ1n) is 12.3. The number of aromatic amines is 1. The van der Waals surface area contributed by atoms with Gasteiger partial charge in [0.2, 0.25) is 5.91 Å². The Balaban J connectivity index is 1.77. The lowest BCUT2D eigenvalue weighted by Crippen LogP contribution is -2.34. The van der Waals surface area contributed by atoms with Gasteiger partial charge in [-0.15, -0.1) is 0 Å². The summed E-state index contributed by atoms with van der Waals surface area (Å²) in [5.41, 5.74) is 5.02. The number of unbranched alkanes of at least 4 members (excludes halogenated alkanes) is 3. The highest BCUT2D eigenvalue weighted by Gasteiger charge is 2.16. The third kappa shape index (κ3) is 7.12. The van der Waals surface area contributed by atoms with E-state index in [4.69, 9.17) is 0 Å². The van der Waals surface area contributed by atoms with Gasteiger partial charge in [0.15, 0.2) is 0 Å². The fraction of sp³-hybridized carbons (Fsp3) is 0.414. The van der Waals surface area contributed by atoms with Crippen LogP contribution < -0.4 is 0 Å². The minimum absolute atomic E-state index is 0.279. The van der Waals surface area contributed by atoms with Gasteiger partial charge >= 0.3 is 0 Å². The molecule has 0 unspecified atom stereocenters. The van der Waals surface area contributed by atoms with E-state index in [9.17, 15) is 4.79 Å². The van der Waals surface area contributed by atoms with Crippen molar-refractivity contribution in [3.8, 4) is 0 Å². The predicted octanol–water partition coefficient (Wildman–Crippen LogP) is 7.39. The molecule has 3 rings (SSSR count). The molecule has 2 aromatic carbocycles. The Kier molecular flexibility index (Phi) is 9.61. The summed E-state index contributed by atoms with van der Waals surface area (Å²) in [5.74, 6) is 0.279. The molecule has 0 aliphatic heterocycles. The number of amides is 1. The van der Waals surface area contributed by atoms with Crippen LogP contribution in [0.15, 0.2) is 66.4 Å². The molecule has 1 N–H and O–H groups in total. The van der Waals surface area contributed by atoms with E-state index in [1.165, 1.54) is 41.3 Å². The summed E-state index contributed by atoms with van der Waals surface area (Å²) in [6.07, 6.45) is 12.6. The Hall–Kier alpha value is -2.81. The van der Waals surface area contributed by atoms with Crippen molar-refractivity contribution in [3.63, 3.8) is 0 Å². The van der Waals surface area contributed by atoms with Crippen molar-refractivity contribution in [1.29, 1.82) is 0 Å². The van der Waals surface area contributed by atoms with Gasteiger partial charge in [-0.05, 0) is 42.9 Å². The van der Waals surface area contributed by atoms with Gasteiger partial charge in [0.25, 0.3) is 0 Å². The maximum absolute atomic E-state index is 13.1. The number of hydrogen-bond donors (Lipinski definition) is 1. The van der Waals surface area contributed by atoms with Crippen molar-refractivity contribution in [2.45, 2.75) is 65.2 Å². The number of para-hydroxylation sites is 1. The van der Waals surface area contributed by atoms with E-state index in [-0.39, 0.29) is 5.91 Å². The highest BCUT2D eigenvalue weighted by Crippen LogP contribution is 2.20. The van der Waals surface area contributed by atoms with Crippen LogP contribution in [-0.2, 0) is 11.2 Å². The lowest BCUT2D eigenvalue weighted by atomic mass is 10.0. The van der Waals surface area contributed by atoms with Crippen LogP contribution in [-0.4, -0.2) is 28.9 Å². The van der Waals surface area contributed by atoms with Crippen molar-refractivity contribution in [3.05, 3.63) is 77.5 Å². The minimum atomic E-state index is 0.279. The Bertz CT molecular complexity index is 987. The summed E-state index contributed by atoms with van der Waals surface area (Å²) in [6.45, 7) is 5.87. The third-order valence-corrected chi connectivity index (χ3v) is 6.09. The molecular weight excluding hydrogens is 392 g/mol. The standard InChI is InChI=1S/C29H38N2O/c1-3-5-8-15-25(21-24-13-9-7-10-14-24)23-31(29(32)18-6-4-2)20-19-26-22-30-28-17-12-11-16-27(26)28/h7,9-14,16-17,21-22,30H,3-6,8,15,18-20,23H2,1-2H3/b25-21+. The molecule has 3 nitrogen and oxygen atoms in total. The van der Waals surface area contributed by atoms with Gasteiger partial charge in [0.05, 0.1) is 0 Å². The van der Waals surface area contributed by atoms with Gasteiger partial charge in [0, 0.05) is 36.6 Å². The second-order valence-corrected chi connectivity index (χ2v) is 8.70. The van der Waals surface area contributed by atoms with Crippen LogP contribution in [0.3, 0.4) is 0 Å². The van der Waals surface area contributed by atoms with E-state index in [0.29, 0.717) is 6.42 Å². The minimum Gasteiger partial charge on any atom is -0.361 e. The summed E-state index contributed by atoms with van der Waals surface area (Å²) in [5, 5.41) is 1.26. The lowest BCUT2D eigenvalue weighted by Gasteiger charge is -2.25. The zero-order chi connectivity index (χ0) is 22.6. The van der Waals surface area contributed by atoms with Crippen molar-refractivity contribution < 1.29 is 4.79 Å². The van der Waals surface area contributed by atoms with E-state index in [1.807, 2.05) is 0 Å². The molecule has 0 bridgehead atoms. The molecule has 0 aliphatic rings. The van der Waals surface area contributed by atoms with Gasteiger partial charge in [-0.3, -0.25) is 4.79 Å². The molecule has 0 atom stereocenters. The maximum Gasteiger partial charge on any atom is 0.222 e. The molecule has 0 aliphatic carbocycles. The Morgan fingerprint density at radius 1 is 0.906 bits per heavy atom. The lowest BCUT2D eigenvalue weighted by molar-refractivity contribution is -0.130. The molecule has 1 heterocycles. The number of rotatable bonds is 13. The molecule has 0 saturated heterocycles. The second kappa shape index (κ2) is 12.9. The second-order valence-electron chi connectivity index (χ2n) is 8.70. The smallest absolute Gasteiger partial charge is 0.222 e. The highest BCUT2D eigenvalue weighted by molar-refractivity contribution is 5.83. The molecule has 0 fully saturated rings. The fourth-order valence-corrected chi connectivity index (χ4v) is 4.20. The van der Waals surface area contributed by atoms with Crippen LogP contribution in [0.2, 0.25) is 0 Å². The highest BCUT2D eigenvalue weighted by atomic mass is 16.2. The van der Waals surface area contributed by atoms with Gasteiger partial charge in [-0.25, -0.2) is 0 Å². The van der Waals surface area contributed by atoms with Crippen molar-refractivity contribution in [2.24, 2.45) is 0 Å². The molecule has 0 radical (unpaired) electrons. The number of hydrogen-bond acceptors (Lipinski definition) is 1. The zero-order valence-corrected chi connectivity index (χ0v) is 19.8. The third-order valence-electron chi connectivity index (χ3n) is 6.09. The molecule has 0 saturated carbocycles. The molecule has 3 heteroatoms. The first-order valence-corrected chi connectivity index (χ1v) is 12.3. The van der Waals surface area contributed by atoms with E-state index in [2.05, 4.69) is 90.6 Å². The van der Waals surface area contributed by atoms with Crippen LogP contribution in [0.4, 0.5) is 0 Å². The summed E-state index contributed by atoms with van der Waals surface area (Å²) >= 11 is 0. The van der Waals surface area contributed by atoms with Crippen molar-refractivity contribution in [1.82, 2.24) is 9.88 Å². The fourth-order valence-electron chi connectivity index (χ4n) is 4.20. The SMILES string of the molecule is CCCCC/C(=C\c1ccccc1)CN(CCc1c[nH]c2ccccc12)C(=O)CCCC. The largest absolute Gasteiger partial charge is 0.361 e. The van der Waals surface area contributed by atoms with E-state index >= 15 is 0 Å². The van der Waals surface area contributed by atoms with Crippen molar-refractivity contribution in [2.75, 3.05) is 13.1 Å². The van der Waals surface area contributed by atoms with E-state index in [1.54, 1.807) is 0 Å². The summed E-state index contributed by atoms with van der Waals surface area (Å²) in [4.78, 5) is 18.6. The number of nitrogens with zero attached hydrogens (tertiary/aromatic N) is 1. The number of benzene rings is 2. The van der Waals surface area contributed by atoms with Crippen molar-refractivity contribution >= 4 is 22.9 Å². The van der Waals surface area contributed by atoms with Gasteiger partial charge in [-0.1, -0.05) is 93.3 Å². The quantitative estimate of drug-likeness (QED) is 0.282. The van der Waals surface area contributed by atoms with E-state index < -0.39 is 0 Å². The van der Waals surface area contributed by atoms with E-state index in [0.717, 1.165) is 44.3 Å². The first kappa shape index (κ1) is 23.8. The molecule has 3 aromatic rings. The number of nitrogens with one attached hydrogen (secondary N) is 1.